The molecule has 1 heterocycles. The van der Waals surface area contributed by atoms with Gasteiger partial charge in [-0.3, -0.25) is 0 Å². The minimum absolute atomic E-state index is 0.700. The molecule has 2 saturated carbocycles. The molecule has 1 aromatic heterocycles. The first-order valence-electron chi connectivity index (χ1n) is 6.93. The van der Waals surface area contributed by atoms with Gasteiger partial charge in [0.05, 0.1) is 0 Å². The zero-order valence-corrected chi connectivity index (χ0v) is 12.1. The molecule has 104 valence electrons. The number of nitrogens with zero attached hydrogens (tertiary/aromatic N) is 3. The Labute approximate surface area is 118 Å². The van der Waals surface area contributed by atoms with Crippen molar-refractivity contribution in [1.82, 2.24) is 9.97 Å². The molecule has 19 heavy (non-hydrogen) atoms. The predicted molar refractivity (Wildman–Crippen MR) is 79.3 cm³/mol. The number of hydrazine groups is 1. The Bertz CT molecular complexity index is 408. The lowest BCUT2D eigenvalue weighted by Gasteiger charge is -2.24. The van der Waals surface area contributed by atoms with Gasteiger partial charge < -0.3 is 10.3 Å². The van der Waals surface area contributed by atoms with Crippen molar-refractivity contribution in [3.8, 4) is 0 Å². The van der Waals surface area contributed by atoms with Crippen molar-refractivity contribution in [2.45, 2.75) is 30.8 Å². The lowest BCUT2D eigenvalue weighted by molar-refractivity contribution is 0.666. The molecule has 3 N–H and O–H groups in total. The lowest BCUT2D eigenvalue weighted by Crippen LogP contribution is -2.29. The number of nitrogens with two attached hydrogens (primary N) is 1. The maximum atomic E-state index is 5.50. The van der Waals surface area contributed by atoms with Crippen LogP contribution in [0.5, 0.6) is 0 Å². The van der Waals surface area contributed by atoms with Gasteiger partial charge in [-0.15, -0.1) is 0 Å². The maximum Gasteiger partial charge on any atom is 0.191 e. The predicted octanol–water partition coefficient (Wildman–Crippen LogP) is 2.11. The number of rotatable bonds is 7. The van der Waals surface area contributed by atoms with Crippen molar-refractivity contribution >= 4 is 23.4 Å². The third-order valence-electron chi connectivity index (χ3n) is 3.70. The Balaban J connectivity index is 1.81. The minimum Gasteiger partial charge on any atom is -0.356 e. The number of thioether (sulfide) groups is 1. The van der Waals surface area contributed by atoms with Gasteiger partial charge in [0.25, 0.3) is 0 Å². The minimum atomic E-state index is 0.700. The van der Waals surface area contributed by atoms with E-state index in [-0.39, 0.29) is 0 Å². The molecule has 0 bridgehead atoms. The smallest absolute Gasteiger partial charge is 0.191 e. The van der Waals surface area contributed by atoms with Gasteiger partial charge in [0.15, 0.2) is 5.16 Å². The van der Waals surface area contributed by atoms with Crippen molar-refractivity contribution < 1.29 is 0 Å². The van der Waals surface area contributed by atoms with Gasteiger partial charge in [-0.2, -0.15) is 0 Å². The summed E-state index contributed by atoms with van der Waals surface area (Å²) in [4.78, 5) is 11.4. The van der Waals surface area contributed by atoms with Crippen molar-refractivity contribution in [1.29, 1.82) is 0 Å². The third kappa shape index (κ3) is 3.51. The molecular formula is C13H21N5S. The molecule has 2 aliphatic carbocycles. The van der Waals surface area contributed by atoms with E-state index in [0.29, 0.717) is 5.82 Å². The van der Waals surface area contributed by atoms with E-state index in [4.69, 9.17) is 5.84 Å². The Kier molecular flexibility index (Phi) is 3.79. The first kappa shape index (κ1) is 13.0. The number of anilines is 2. The van der Waals surface area contributed by atoms with E-state index in [1.807, 2.05) is 12.3 Å². The van der Waals surface area contributed by atoms with Crippen molar-refractivity contribution in [2.75, 3.05) is 29.7 Å². The molecule has 0 unspecified atom stereocenters. The van der Waals surface area contributed by atoms with Gasteiger partial charge >= 0.3 is 0 Å². The van der Waals surface area contributed by atoms with E-state index in [1.165, 1.54) is 25.7 Å². The number of nitrogens with one attached hydrogen (secondary N) is 1. The molecule has 0 aliphatic heterocycles. The molecule has 5 nitrogen and oxygen atoms in total. The molecule has 0 saturated heterocycles. The normalized spacial score (nSPS) is 18.4. The third-order valence-corrected chi connectivity index (χ3v) is 4.25. The standard InChI is InChI=1S/C13H21N5S/c1-19-13-15-11(17-14)6-12(16-13)18(7-9-2-3-9)8-10-4-5-10/h6,9-10H,2-5,7-8,14H2,1H3,(H,15,16,17). The quantitative estimate of drug-likeness (QED) is 0.345. The van der Waals surface area contributed by atoms with E-state index < -0.39 is 0 Å². The zero-order chi connectivity index (χ0) is 13.2. The molecular weight excluding hydrogens is 258 g/mol. The molecule has 6 heteroatoms. The Morgan fingerprint density at radius 1 is 1.26 bits per heavy atom. The average molecular weight is 279 g/mol. The first-order valence-corrected chi connectivity index (χ1v) is 8.15. The summed E-state index contributed by atoms with van der Waals surface area (Å²) < 4.78 is 0. The number of aromatic nitrogens is 2. The highest BCUT2D eigenvalue weighted by Gasteiger charge is 2.30. The molecule has 3 rings (SSSR count). The van der Waals surface area contributed by atoms with Gasteiger partial charge in [0.2, 0.25) is 0 Å². The van der Waals surface area contributed by atoms with E-state index >= 15 is 0 Å². The van der Waals surface area contributed by atoms with Gasteiger partial charge in [-0.25, -0.2) is 15.8 Å². The first-order chi connectivity index (χ1) is 9.28. The molecule has 2 aliphatic rings. The maximum absolute atomic E-state index is 5.50. The summed E-state index contributed by atoms with van der Waals surface area (Å²) in [5, 5.41) is 0.780. The van der Waals surface area contributed by atoms with Crippen LogP contribution in [0.25, 0.3) is 0 Å². The summed E-state index contributed by atoms with van der Waals surface area (Å²) >= 11 is 1.55. The SMILES string of the molecule is CSc1nc(NN)cc(N(CC2CC2)CC2CC2)n1. The van der Waals surface area contributed by atoms with Crippen LogP contribution in [0.3, 0.4) is 0 Å². The Morgan fingerprint density at radius 3 is 2.37 bits per heavy atom. The number of nitrogen functional groups attached to an aromatic ring is 1. The fraction of sp³-hybridized carbons (Fsp3) is 0.692. The second-order valence-corrected chi connectivity index (χ2v) is 6.31. The Morgan fingerprint density at radius 2 is 1.89 bits per heavy atom. The number of hydrogen-bond donors (Lipinski definition) is 2. The monoisotopic (exact) mass is 279 g/mol. The van der Waals surface area contributed by atoms with Crippen LogP contribution in [0, 0.1) is 11.8 Å². The molecule has 0 spiro atoms. The second kappa shape index (κ2) is 5.54. The highest BCUT2D eigenvalue weighted by atomic mass is 32.2. The highest BCUT2D eigenvalue weighted by Crippen LogP contribution is 2.35. The fourth-order valence-corrected chi connectivity index (χ4v) is 2.60. The molecule has 0 amide bonds. The van der Waals surface area contributed by atoms with Gasteiger partial charge in [0, 0.05) is 19.2 Å². The van der Waals surface area contributed by atoms with Crippen molar-refractivity contribution in [3.05, 3.63) is 6.07 Å². The summed E-state index contributed by atoms with van der Waals surface area (Å²) in [5.74, 6) is 8.94. The molecule has 2 fully saturated rings. The molecule has 0 aromatic carbocycles. The Hall–Kier alpha value is -1.01. The van der Waals surface area contributed by atoms with Crippen LogP contribution in [0.4, 0.5) is 11.6 Å². The van der Waals surface area contributed by atoms with Crippen molar-refractivity contribution in [2.24, 2.45) is 17.7 Å². The summed E-state index contributed by atoms with van der Waals surface area (Å²) in [6.45, 7) is 2.26. The topological polar surface area (TPSA) is 67.1 Å². The zero-order valence-electron chi connectivity index (χ0n) is 11.3. The van der Waals surface area contributed by atoms with Crippen LogP contribution >= 0.6 is 11.8 Å². The average Bonchev–Trinajstić information content (AvgIpc) is 3.32. The van der Waals surface area contributed by atoms with E-state index in [0.717, 1.165) is 35.9 Å². The summed E-state index contributed by atoms with van der Waals surface area (Å²) in [6, 6.07) is 1.96. The van der Waals surface area contributed by atoms with Crippen molar-refractivity contribution in [3.63, 3.8) is 0 Å². The fourth-order valence-electron chi connectivity index (χ4n) is 2.23. The van der Waals surface area contributed by atoms with Crippen LogP contribution in [0.1, 0.15) is 25.7 Å². The van der Waals surface area contributed by atoms with E-state index in [2.05, 4.69) is 20.3 Å². The lowest BCUT2D eigenvalue weighted by atomic mass is 10.3. The molecule has 0 radical (unpaired) electrons. The van der Waals surface area contributed by atoms with Crippen LogP contribution in [0.15, 0.2) is 11.2 Å². The highest BCUT2D eigenvalue weighted by molar-refractivity contribution is 7.98. The van der Waals surface area contributed by atoms with Crippen LogP contribution < -0.4 is 16.2 Å². The van der Waals surface area contributed by atoms with Crippen LogP contribution in [0.2, 0.25) is 0 Å². The van der Waals surface area contributed by atoms with Crippen LogP contribution in [-0.2, 0) is 0 Å². The summed E-state index contributed by atoms with van der Waals surface area (Å²) in [6.07, 6.45) is 7.45. The number of hydrogen-bond acceptors (Lipinski definition) is 6. The molecule has 1 aromatic rings. The largest absolute Gasteiger partial charge is 0.356 e. The van der Waals surface area contributed by atoms with Crippen LogP contribution in [-0.4, -0.2) is 29.3 Å². The summed E-state index contributed by atoms with van der Waals surface area (Å²) in [7, 11) is 0. The van der Waals surface area contributed by atoms with Gasteiger partial charge in [0.1, 0.15) is 11.6 Å². The molecule has 0 atom stereocenters. The van der Waals surface area contributed by atoms with E-state index in [9.17, 15) is 0 Å². The second-order valence-electron chi connectivity index (χ2n) is 5.53. The van der Waals surface area contributed by atoms with Gasteiger partial charge in [-0.05, 0) is 43.8 Å². The van der Waals surface area contributed by atoms with Gasteiger partial charge in [-0.1, -0.05) is 11.8 Å². The van der Waals surface area contributed by atoms with E-state index in [1.54, 1.807) is 11.8 Å². The summed E-state index contributed by atoms with van der Waals surface area (Å²) in [5.41, 5.74) is 2.64.